The summed E-state index contributed by atoms with van der Waals surface area (Å²) in [4.78, 5) is 11.2. The van der Waals surface area contributed by atoms with E-state index in [1.54, 1.807) is 6.92 Å². The summed E-state index contributed by atoms with van der Waals surface area (Å²) in [6, 6.07) is 4.29. The van der Waals surface area contributed by atoms with Crippen molar-refractivity contribution in [2.45, 2.75) is 19.1 Å². The van der Waals surface area contributed by atoms with Crippen molar-refractivity contribution < 1.29 is 19.0 Å². The fraction of sp³-hybridized carbons (Fsp3) is 0.333. The highest BCUT2D eigenvalue weighted by Crippen LogP contribution is 2.27. The quantitative estimate of drug-likeness (QED) is 0.820. The number of alkyl halides is 1. The van der Waals surface area contributed by atoms with Crippen molar-refractivity contribution in [3.05, 3.63) is 29.3 Å². The second-order valence-corrected chi connectivity index (χ2v) is 3.56. The van der Waals surface area contributed by atoms with Crippen molar-refractivity contribution in [2.75, 3.05) is 6.61 Å². The fourth-order valence-electron chi connectivity index (χ4n) is 1.42. The van der Waals surface area contributed by atoms with Gasteiger partial charge in [0.15, 0.2) is 0 Å². The van der Waals surface area contributed by atoms with E-state index in [4.69, 9.17) is 11.0 Å². The van der Waals surface area contributed by atoms with Gasteiger partial charge in [-0.2, -0.15) is 5.26 Å². The smallest absolute Gasteiger partial charge is 0.342 e. The highest BCUT2D eigenvalue weighted by Gasteiger charge is 2.29. The van der Waals surface area contributed by atoms with Gasteiger partial charge < -0.3 is 15.6 Å². The Kier molecular flexibility index (Phi) is 6.83. The number of benzene rings is 1. The summed E-state index contributed by atoms with van der Waals surface area (Å²) < 4.78 is 18.2. The topological polar surface area (TPSA) is 96.3 Å². The lowest BCUT2D eigenvalue weighted by Gasteiger charge is -2.17. The summed E-state index contributed by atoms with van der Waals surface area (Å²) in [5, 5.41) is 18.3. The number of nitrogens with two attached hydrogens (primary N) is 1. The molecular weight excluding hydrogens is 275 g/mol. The molecule has 1 unspecified atom stereocenters. The number of rotatable bonds is 4. The van der Waals surface area contributed by atoms with Crippen molar-refractivity contribution in [3.8, 4) is 11.8 Å². The van der Waals surface area contributed by atoms with E-state index in [1.807, 2.05) is 6.07 Å². The lowest BCUT2D eigenvalue weighted by Crippen LogP contribution is -2.31. The summed E-state index contributed by atoms with van der Waals surface area (Å²) in [5.74, 6) is -1.36. The van der Waals surface area contributed by atoms with Crippen molar-refractivity contribution >= 4 is 18.4 Å². The highest BCUT2D eigenvalue weighted by molar-refractivity contribution is 5.85. The first-order valence-electron chi connectivity index (χ1n) is 5.30. The standard InChI is InChI=1S/C12H13FN2O3.ClH/c1-2-18-12(17)10(13)11(15)8-5-7(6-14)3-4-9(8)16;/h3-5,10-11,16H,2,15H2,1H3;1H/t10?,11-;/m0./s1. The predicted molar refractivity (Wildman–Crippen MR) is 68.5 cm³/mol. The molecule has 0 aliphatic rings. The first-order valence-corrected chi connectivity index (χ1v) is 5.30. The molecule has 3 N–H and O–H groups in total. The molecule has 0 aliphatic carbocycles. The summed E-state index contributed by atoms with van der Waals surface area (Å²) in [6.45, 7) is 1.58. The number of hydrogen-bond acceptors (Lipinski definition) is 5. The molecule has 0 amide bonds. The second kappa shape index (κ2) is 7.56. The van der Waals surface area contributed by atoms with Crippen LogP contribution >= 0.6 is 12.4 Å². The van der Waals surface area contributed by atoms with Crippen molar-refractivity contribution in [2.24, 2.45) is 5.73 Å². The van der Waals surface area contributed by atoms with Gasteiger partial charge in [0, 0.05) is 5.56 Å². The maximum Gasteiger partial charge on any atom is 0.342 e. The summed E-state index contributed by atoms with van der Waals surface area (Å²) in [6.07, 6.45) is -2.09. The molecule has 19 heavy (non-hydrogen) atoms. The molecule has 0 saturated carbocycles. The second-order valence-electron chi connectivity index (χ2n) is 3.56. The Morgan fingerprint density at radius 1 is 1.63 bits per heavy atom. The van der Waals surface area contributed by atoms with Gasteiger partial charge in [-0.15, -0.1) is 12.4 Å². The van der Waals surface area contributed by atoms with Crippen LogP contribution in [-0.2, 0) is 9.53 Å². The number of carbonyl (C=O) groups excluding carboxylic acids is 1. The van der Waals surface area contributed by atoms with Crippen LogP contribution in [-0.4, -0.2) is 23.9 Å². The molecule has 1 rings (SSSR count). The van der Waals surface area contributed by atoms with Crippen LogP contribution in [0, 0.1) is 11.3 Å². The Hall–Kier alpha value is -1.84. The van der Waals surface area contributed by atoms with Crippen LogP contribution in [0.1, 0.15) is 24.1 Å². The zero-order valence-corrected chi connectivity index (χ0v) is 11.0. The van der Waals surface area contributed by atoms with Gasteiger partial charge in [-0.05, 0) is 25.1 Å². The number of halogens is 2. The van der Waals surface area contributed by atoms with E-state index >= 15 is 0 Å². The van der Waals surface area contributed by atoms with Gasteiger partial charge in [0.2, 0.25) is 6.17 Å². The average molecular weight is 289 g/mol. The first kappa shape index (κ1) is 17.2. The van der Waals surface area contributed by atoms with Gasteiger partial charge in [0.05, 0.1) is 24.3 Å². The van der Waals surface area contributed by atoms with Gasteiger partial charge >= 0.3 is 5.97 Å². The number of ether oxygens (including phenoxy) is 1. The molecule has 0 fully saturated rings. The van der Waals surface area contributed by atoms with Crippen LogP contribution < -0.4 is 5.73 Å². The Morgan fingerprint density at radius 2 is 2.26 bits per heavy atom. The molecule has 2 atom stereocenters. The summed E-state index contributed by atoms with van der Waals surface area (Å²) in [5.41, 5.74) is 5.76. The molecule has 0 saturated heterocycles. The number of nitriles is 1. The molecule has 1 aromatic carbocycles. The minimum atomic E-state index is -2.09. The van der Waals surface area contributed by atoms with E-state index in [-0.39, 0.29) is 35.9 Å². The third kappa shape index (κ3) is 4.09. The monoisotopic (exact) mass is 288 g/mol. The third-order valence-corrected chi connectivity index (χ3v) is 2.34. The maximum atomic E-state index is 13.7. The molecule has 104 valence electrons. The molecule has 7 heteroatoms. The van der Waals surface area contributed by atoms with Crippen LogP contribution in [0.25, 0.3) is 0 Å². The zero-order valence-electron chi connectivity index (χ0n) is 10.2. The molecule has 0 radical (unpaired) electrons. The van der Waals surface area contributed by atoms with Crippen LogP contribution in [0.2, 0.25) is 0 Å². The Balaban J connectivity index is 0.00000324. The average Bonchev–Trinajstić information content (AvgIpc) is 2.38. The van der Waals surface area contributed by atoms with Crippen molar-refractivity contribution in [1.82, 2.24) is 0 Å². The number of hydrogen-bond donors (Lipinski definition) is 2. The van der Waals surface area contributed by atoms with Crippen molar-refractivity contribution in [3.63, 3.8) is 0 Å². The van der Waals surface area contributed by atoms with E-state index in [2.05, 4.69) is 4.74 Å². The van der Waals surface area contributed by atoms with Gasteiger partial charge in [-0.3, -0.25) is 0 Å². The number of phenols is 1. The normalized spacial score (nSPS) is 12.7. The number of nitrogens with zero attached hydrogens (tertiary/aromatic N) is 1. The molecular formula is C12H14ClFN2O3. The van der Waals surface area contributed by atoms with Gasteiger partial charge in [0.25, 0.3) is 0 Å². The fourth-order valence-corrected chi connectivity index (χ4v) is 1.42. The molecule has 0 spiro atoms. The van der Waals surface area contributed by atoms with Crippen molar-refractivity contribution in [1.29, 1.82) is 5.26 Å². The van der Waals surface area contributed by atoms with E-state index < -0.39 is 18.2 Å². The predicted octanol–water partition coefficient (Wildman–Crippen LogP) is 1.59. The van der Waals surface area contributed by atoms with E-state index in [1.165, 1.54) is 18.2 Å². The number of aromatic hydroxyl groups is 1. The third-order valence-electron chi connectivity index (χ3n) is 2.34. The van der Waals surface area contributed by atoms with Gasteiger partial charge in [-0.25, -0.2) is 9.18 Å². The van der Waals surface area contributed by atoms with E-state index in [9.17, 15) is 14.3 Å². The molecule has 5 nitrogen and oxygen atoms in total. The van der Waals surface area contributed by atoms with E-state index in [0.717, 1.165) is 0 Å². The Bertz CT molecular complexity index is 490. The van der Waals surface area contributed by atoms with Crippen LogP contribution in [0.5, 0.6) is 5.75 Å². The molecule has 1 aromatic rings. The van der Waals surface area contributed by atoms with Crippen LogP contribution in [0.3, 0.4) is 0 Å². The lowest BCUT2D eigenvalue weighted by atomic mass is 10.00. The first-order chi connectivity index (χ1) is 8.51. The van der Waals surface area contributed by atoms with Crippen LogP contribution in [0.15, 0.2) is 18.2 Å². The largest absolute Gasteiger partial charge is 0.508 e. The summed E-state index contributed by atoms with van der Waals surface area (Å²) >= 11 is 0. The van der Waals surface area contributed by atoms with Crippen LogP contribution in [0.4, 0.5) is 4.39 Å². The molecule has 0 bridgehead atoms. The van der Waals surface area contributed by atoms with Gasteiger partial charge in [0.1, 0.15) is 5.75 Å². The highest BCUT2D eigenvalue weighted by atomic mass is 35.5. The molecule has 0 aromatic heterocycles. The number of esters is 1. The maximum absolute atomic E-state index is 13.7. The SMILES string of the molecule is CCOC(=O)C(F)[C@@H](N)c1cc(C#N)ccc1O.Cl. The summed E-state index contributed by atoms with van der Waals surface area (Å²) in [7, 11) is 0. The Labute approximate surface area is 116 Å². The van der Waals surface area contributed by atoms with Gasteiger partial charge in [-0.1, -0.05) is 0 Å². The Morgan fingerprint density at radius 3 is 2.79 bits per heavy atom. The molecule has 0 aliphatic heterocycles. The molecule has 0 heterocycles. The lowest BCUT2D eigenvalue weighted by molar-refractivity contribution is -0.149. The minimum Gasteiger partial charge on any atom is -0.508 e. The number of carbonyl (C=O) groups is 1. The minimum absolute atomic E-state index is 0. The van der Waals surface area contributed by atoms with E-state index in [0.29, 0.717) is 0 Å². The number of phenolic OH excluding ortho intramolecular Hbond substituents is 1. The zero-order chi connectivity index (χ0) is 13.7.